The van der Waals surface area contributed by atoms with Crippen molar-refractivity contribution >= 4 is 45.4 Å². The molecule has 2 amide bonds. The number of hydrogen-bond donors (Lipinski definition) is 6. The summed E-state index contributed by atoms with van der Waals surface area (Å²) in [6.45, 7) is 7.08. The Kier molecular flexibility index (Phi) is 8.57. The Hall–Kier alpha value is -3.60. The fourth-order valence-corrected chi connectivity index (χ4v) is 4.13. The van der Waals surface area contributed by atoms with Gasteiger partial charge in [-0.15, -0.1) is 0 Å². The summed E-state index contributed by atoms with van der Waals surface area (Å²) < 4.78 is 0.773. The van der Waals surface area contributed by atoms with Crippen LogP contribution >= 0.6 is 15.9 Å². The molecule has 1 aliphatic heterocycles. The summed E-state index contributed by atoms with van der Waals surface area (Å²) in [5, 5.41) is 30.6. The van der Waals surface area contributed by atoms with Crippen LogP contribution < -0.4 is 21.3 Å². The van der Waals surface area contributed by atoms with Crippen molar-refractivity contribution in [2.45, 2.75) is 38.6 Å². The average molecular weight is 560 g/mol. The second-order valence-corrected chi connectivity index (χ2v) is 10.4. The van der Waals surface area contributed by atoms with Gasteiger partial charge in [-0.2, -0.15) is 0 Å². The fraction of sp³-hybridized carbons (Fsp3) is 0.360. The first-order valence-electron chi connectivity index (χ1n) is 11.4. The summed E-state index contributed by atoms with van der Waals surface area (Å²) in [7, 11) is 0. The maximum atomic E-state index is 12.7. The molecule has 1 unspecified atom stereocenters. The lowest BCUT2D eigenvalue weighted by Gasteiger charge is -2.24. The standard InChI is InChI=1S/C25H30BrN5O5/c1-25(2,3)16-6-14(7-17(26)10-16)20(12-22(34)35)31-21(33)13-29-23(36)15-8-18(11-19(32)9-15)30-24-27-4-5-28-24/h6-11,20,32H,4-5,12-13H2,1-3H3,(H,29,36)(H,31,33)(H,34,35)(H2,27,28,30). The van der Waals surface area contributed by atoms with E-state index in [1.165, 1.54) is 18.2 Å². The van der Waals surface area contributed by atoms with E-state index in [1.807, 2.05) is 32.9 Å². The second-order valence-electron chi connectivity index (χ2n) is 9.47. The lowest BCUT2D eigenvalue weighted by Crippen LogP contribution is -2.39. The van der Waals surface area contributed by atoms with Crippen molar-refractivity contribution in [2.75, 3.05) is 25.0 Å². The quantitative estimate of drug-likeness (QED) is 0.291. The molecule has 0 radical (unpaired) electrons. The van der Waals surface area contributed by atoms with Crippen LogP contribution in [0.1, 0.15) is 54.7 Å². The highest BCUT2D eigenvalue weighted by Gasteiger charge is 2.22. The van der Waals surface area contributed by atoms with E-state index in [4.69, 9.17) is 0 Å². The van der Waals surface area contributed by atoms with Crippen LogP contribution in [0.25, 0.3) is 0 Å². The highest BCUT2D eigenvalue weighted by molar-refractivity contribution is 9.10. The molecule has 36 heavy (non-hydrogen) atoms. The molecule has 1 aliphatic rings. The van der Waals surface area contributed by atoms with Gasteiger partial charge in [0.25, 0.3) is 5.91 Å². The summed E-state index contributed by atoms with van der Waals surface area (Å²) >= 11 is 3.47. The minimum Gasteiger partial charge on any atom is -0.508 e. The van der Waals surface area contributed by atoms with Gasteiger partial charge in [0.1, 0.15) is 5.75 Å². The van der Waals surface area contributed by atoms with E-state index in [0.29, 0.717) is 30.3 Å². The SMILES string of the molecule is CC(C)(C)c1cc(Br)cc(C(CC(=O)O)NC(=O)CNC(=O)c2cc(O)cc(NC3=NCCN3)c2)c1. The second kappa shape index (κ2) is 11.4. The molecule has 0 saturated carbocycles. The predicted molar refractivity (Wildman–Crippen MR) is 140 cm³/mol. The summed E-state index contributed by atoms with van der Waals surface area (Å²) in [5.74, 6) is -1.77. The van der Waals surface area contributed by atoms with Crippen LogP contribution in [0.4, 0.5) is 5.69 Å². The van der Waals surface area contributed by atoms with E-state index in [0.717, 1.165) is 10.0 Å². The van der Waals surface area contributed by atoms with Gasteiger partial charge in [-0.05, 0) is 40.8 Å². The molecule has 192 valence electrons. The van der Waals surface area contributed by atoms with Gasteiger partial charge in [0.15, 0.2) is 5.96 Å². The topological polar surface area (TPSA) is 152 Å². The molecule has 10 nitrogen and oxygen atoms in total. The van der Waals surface area contributed by atoms with Gasteiger partial charge in [-0.25, -0.2) is 0 Å². The molecular weight excluding hydrogens is 530 g/mol. The zero-order chi connectivity index (χ0) is 26.5. The van der Waals surface area contributed by atoms with Gasteiger partial charge in [0, 0.05) is 28.3 Å². The van der Waals surface area contributed by atoms with Gasteiger partial charge in [-0.3, -0.25) is 19.4 Å². The number of amides is 2. The maximum Gasteiger partial charge on any atom is 0.305 e. The van der Waals surface area contributed by atoms with Gasteiger partial charge in [0.05, 0.1) is 25.6 Å². The number of guanidine groups is 1. The van der Waals surface area contributed by atoms with Gasteiger partial charge >= 0.3 is 5.97 Å². The number of aliphatic carboxylic acids is 1. The van der Waals surface area contributed by atoms with Crippen molar-refractivity contribution in [2.24, 2.45) is 4.99 Å². The van der Waals surface area contributed by atoms with Crippen molar-refractivity contribution in [3.05, 3.63) is 57.6 Å². The zero-order valence-corrected chi connectivity index (χ0v) is 21.9. The van der Waals surface area contributed by atoms with E-state index in [2.05, 4.69) is 42.2 Å². The molecule has 3 rings (SSSR count). The number of halogens is 1. The van der Waals surface area contributed by atoms with Crippen LogP contribution in [0.15, 0.2) is 45.9 Å². The zero-order valence-electron chi connectivity index (χ0n) is 20.3. The molecule has 0 saturated heterocycles. The Morgan fingerprint density at radius 3 is 2.53 bits per heavy atom. The molecule has 1 heterocycles. The number of nitrogens with one attached hydrogen (secondary N) is 4. The molecule has 1 atom stereocenters. The van der Waals surface area contributed by atoms with Crippen LogP contribution in [-0.4, -0.2) is 53.6 Å². The van der Waals surface area contributed by atoms with Crippen molar-refractivity contribution in [3.8, 4) is 5.75 Å². The number of aliphatic imine (C=N–C) groups is 1. The number of benzene rings is 2. The first-order valence-corrected chi connectivity index (χ1v) is 12.2. The summed E-state index contributed by atoms with van der Waals surface area (Å²) in [6.07, 6.45) is -0.320. The number of aromatic hydroxyl groups is 1. The molecule has 11 heteroatoms. The first kappa shape index (κ1) is 27.0. The van der Waals surface area contributed by atoms with Crippen LogP contribution in [-0.2, 0) is 15.0 Å². The largest absolute Gasteiger partial charge is 0.508 e. The number of nitrogens with zero attached hydrogens (tertiary/aromatic N) is 1. The molecule has 2 aromatic rings. The number of carboxylic acid groups (broad SMARTS) is 1. The molecule has 6 N–H and O–H groups in total. The highest BCUT2D eigenvalue weighted by atomic mass is 79.9. The van der Waals surface area contributed by atoms with Crippen molar-refractivity contribution in [1.29, 1.82) is 0 Å². The van der Waals surface area contributed by atoms with Crippen LogP contribution in [0, 0.1) is 0 Å². The number of hydrogen-bond acceptors (Lipinski definition) is 7. The third-order valence-corrected chi connectivity index (χ3v) is 5.89. The number of carbonyl (C=O) groups excluding carboxylic acids is 2. The van der Waals surface area contributed by atoms with Crippen LogP contribution in [0.3, 0.4) is 0 Å². The Bertz CT molecular complexity index is 1190. The maximum absolute atomic E-state index is 12.7. The third kappa shape index (κ3) is 7.70. The van der Waals surface area contributed by atoms with Gasteiger partial charge in [0.2, 0.25) is 5.91 Å². The van der Waals surface area contributed by atoms with Gasteiger partial charge in [-0.1, -0.05) is 42.8 Å². The molecule has 2 aromatic carbocycles. The molecule has 0 spiro atoms. The van der Waals surface area contributed by atoms with Crippen molar-refractivity contribution < 1.29 is 24.6 Å². The number of phenols is 1. The number of carboxylic acids is 1. The van der Waals surface area contributed by atoms with E-state index < -0.39 is 23.8 Å². The van der Waals surface area contributed by atoms with Crippen molar-refractivity contribution in [3.63, 3.8) is 0 Å². The number of anilines is 1. The third-order valence-electron chi connectivity index (χ3n) is 5.43. The van der Waals surface area contributed by atoms with E-state index in [1.54, 1.807) is 6.07 Å². The fourth-order valence-electron chi connectivity index (χ4n) is 3.61. The summed E-state index contributed by atoms with van der Waals surface area (Å²) in [5.41, 5.74) is 2.05. The smallest absolute Gasteiger partial charge is 0.305 e. The average Bonchev–Trinajstić information content (AvgIpc) is 3.28. The normalized spacial score (nSPS) is 13.8. The summed E-state index contributed by atoms with van der Waals surface area (Å²) in [4.78, 5) is 41.0. The van der Waals surface area contributed by atoms with E-state index in [9.17, 15) is 24.6 Å². The number of rotatable bonds is 8. The molecular formula is C25H30BrN5O5. The lowest BCUT2D eigenvalue weighted by molar-refractivity contribution is -0.137. The van der Waals surface area contributed by atoms with Crippen molar-refractivity contribution in [1.82, 2.24) is 16.0 Å². The highest BCUT2D eigenvalue weighted by Crippen LogP contribution is 2.30. The Balaban J connectivity index is 1.68. The monoisotopic (exact) mass is 559 g/mol. The number of carbonyl (C=O) groups is 3. The summed E-state index contributed by atoms with van der Waals surface area (Å²) in [6, 6.07) is 9.07. The van der Waals surface area contributed by atoms with E-state index in [-0.39, 0.29) is 29.7 Å². The molecule has 0 aliphatic carbocycles. The van der Waals surface area contributed by atoms with Gasteiger partial charge < -0.3 is 31.5 Å². The van der Waals surface area contributed by atoms with Crippen LogP contribution in [0.2, 0.25) is 0 Å². The Labute approximate surface area is 217 Å². The Morgan fingerprint density at radius 2 is 1.89 bits per heavy atom. The number of phenolic OH excluding ortho intramolecular Hbond substituents is 1. The van der Waals surface area contributed by atoms with Crippen LogP contribution in [0.5, 0.6) is 5.75 Å². The molecule has 0 bridgehead atoms. The minimum absolute atomic E-state index is 0.126. The minimum atomic E-state index is -1.07. The first-order chi connectivity index (χ1) is 16.9. The predicted octanol–water partition coefficient (Wildman–Crippen LogP) is 2.89. The lowest BCUT2D eigenvalue weighted by atomic mass is 9.85. The Morgan fingerprint density at radius 1 is 1.14 bits per heavy atom. The molecule has 0 aromatic heterocycles. The molecule has 0 fully saturated rings. The van der Waals surface area contributed by atoms with E-state index >= 15 is 0 Å².